The van der Waals surface area contributed by atoms with E-state index in [1.165, 1.54) is 100 Å². The van der Waals surface area contributed by atoms with Crippen molar-refractivity contribution in [2.24, 2.45) is 0 Å². The Hall–Kier alpha value is -8.00. The van der Waals surface area contributed by atoms with Gasteiger partial charge in [-0.3, -0.25) is 0 Å². The summed E-state index contributed by atoms with van der Waals surface area (Å²) in [5.41, 5.74) is 26.2. The molecule has 0 aromatic heterocycles. The molecule has 0 spiro atoms. The van der Waals surface area contributed by atoms with Gasteiger partial charge in [0.05, 0.1) is 5.69 Å². The maximum atomic E-state index is 2.45. The molecular formula is C66H51N. The van der Waals surface area contributed by atoms with E-state index in [1.54, 1.807) is 0 Å². The number of fused-ring (bicyclic) bond motifs is 6. The zero-order chi connectivity index (χ0) is 45.3. The summed E-state index contributed by atoms with van der Waals surface area (Å²) < 4.78 is 0. The summed E-state index contributed by atoms with van der Waals surface area (Å²) in [6, 6.07) is 87.4. The fraction of sp³-hybridized carbons (Fsp3) is 0.0909. The van der Waals surface area contributed by atoms with Crippen molar-refractivity contribution in [3.8, 4) is 77.9 Å². The van der Waals surface area contributed by atoms with Crippen molar-refractivity contribution >= 4 is 17.1 Å². The average Bonchev–Trinajstić information content (AvgIpc) is 3.76. The average molecular weight is 858 g/mol. The molecule has 10 aromatic carbocycles. The third-order valence-corrected chi connectivity index (χ3v) is 14.7. The molecule has 0 saturated carbocycles. The van der Waals surface area contributed by atoms with E-state index in [4.69, 9.17) is 0 Å². The molecule has 0 aliphatic heterocycles. The summed E-state index contributed by atoms with van der Waals surface area (Å²) in [5.74, 6) is 0. The fourth-order valence-corrected chi connectivity index (χ4v) is 11.3. The number of nitrogens with zero attached hydrogens (tertiary/aromatic N) is 1. The van der Waals surface area contributed by atoms with E-state index < -0.39 is 0 Å². The monoisotopic (exact) mass is 857 g/mol. The van der Waals surface area contributed by atoms with Crippen LogP contribution in [0, 0.1) is 0 Å². The third kappa shape index (κ3) is 6.68. The van der Waals surface area contributed by atoms with Gasteiger partial charge in [-0.25, -0.2) is 0 Å². The van der Waals surface area contributed by atoms with Crippen LogP contribution < -0.4 is 4.90 Å². The van der Waals surface area contributed by atoms with E-state index in [9.17, 15) is 0 Å². The molecule has 1 nitrogen and oxygen atoms in total. The summed E-state index contributed by atoms with van der Waals surface area (Å²) in [5, 5.41) is 0. The Morgan fingerprint density at radius 1 is 0.254 bits per heavy atom. The third-order valence-electron chi connectivity index (χ3n) is 14.7. The number of anilines is 3. The highest BCUT2D eigenvalue weighted by Crippen LogP contribution is 2.54. The highest BCUT2D eigenvalue weighted by molar-refractivity contribution is 5.95. The van der Waals surface area contributed by atoms with Gasteiger partial charge in [0, 0.05) is 27.8 Å². The zero-order valence-electron chi connectivity index (χ0n) is 38.5. The summed E-state index contributed by atoms with van der Waals surface area (Å²) in [6.45, 7) is 9.47. The van der Waals surface area contributed by atoms with Crippen LogP contribution in [0.25, 0.3) is 77.9 Å². The van der Waals surface area contributed by atoms with Gasteiger partial charge < -0.3 is 4.90 Å². The first-order valence-corrected chi connectivity index (χ1v) is 23.6. The van der Waals surface area contributed by atoms with Crippen LogP contribution in [0.5, 0.6) is 0 Å². The molecule has 2 aliphatic rings. The molecule has 0 atom stereocenters. The van der Waals surface area contributed by atoms with Crippen molar-refractivity contribution in [1.29, 1.82) is 0 Å². The minimum Gasteiger partial charge on any atom is -0.310 e. The molecule has 67 heavy (non-hydrogen) atoms. The Kier molecular flexibility index (Phi) is 9.59. The van der Waals surface area contributed by atoms with Gasteiger partial charge >= 0.3 is 0 Å². The van der Waals surface area contributed by atoms with Gasteiger partial charge in [0.2, 0.25) is 0 Å². The number of para-hydroxylation sites is 1. The largest absolute Gasteiger partial charge is 0.310 e. The molecule has 2 aliphatic carbocycles. The van der Waals surface area contributed by atoms with E-state index in [-0.39, 0.29) is 10.8 Å². The maximum Gasteiger partial charge on any atom is 0.0540 e. The standard InChI is InChI=1S/C66H51N/c1-65(2)60-26-13-10-21-54(60)56-42-37-49(43-62(56)65)46-35-40-51(41-36-46)67(63-28-15-12-23-57(63)59-25-16-24-58-55-22-11-14-27-61(55)66(3,4)64(58)59)50-38-33-45(34-39-50)44-29-31-48(32-30-44)53-20-9-8-19-52(53)47-17-6-5-7-18-47/h5-43H,1-4H3. The molecule has 0 bridgehead atoms. The predicted molar refractivity (Wildman–Crippen MR) is 283 cm³/mol. The lowest BCUT2D eigenvalue weighted by atomic mass is 9.78. The van der Waals surface area contributed by atoms with E-state index >= 15 is 0 Å². The van der Waals surface area contributed by atoms with E-state index in [2.05, 4.69) is 269 Å². The second kappa shape index (κ2) is 15.9. The summed E-state index contributed by atoms with van der Waals surface area (Å²) >= 11 is 0. The Morgan fingerprint density at radius 3 is 1.25 bits per heavy atom. The molecule has 0 saturated heterocycles. The number of benzene rings is 10. The van der Waals surface area contributed by atoms with E-state index in [0.717, 1.165) is 17.1 Å². The summed E-state index contributed by atoms with van der Waals surface area (Å²) in [7, 11) is 0. The van der Waals surface area contributed by atoms with Crippen LogP contribution in [0.15, 0.2) is 237 Å². The van der Waals surface area contributed by atoms with Crippen molar-refractivity contribution < 1.29 is 0 Å². The molecule has 0 heterocycles. The number of rotatable bonds is 8. The number of hydrogen-bond acceptors (Lipinski definition) is 1. The fourth-order valence-electron chi connectivity index (χ4n) is 11.3. The minimum absolute atomic E-state index is 0.0576. The minimum atomic E-state index is -0.158. The molecule has 0 unspecified atom stereocenters. The first kappa shape index (κ1) is 40.5. The van der Waals surface area contributed by atoms with Crippen LogP contribution in [0.3, 0.4) is 0 Å². The van der Waals surface area contributed by atoms with Crippen LogP contribution in [0.2, 0.25) is 0 Å². The smallest absolute Gasteiger partial charge is 0.0540 e. The van der Waals surface area contributed by atoms with Gasteiger partial charge in [0.25, 0.3) is 0 Å². The van der Waals surface area contributed by atoms with Crippen LogP contribution in [0.4, 0.5) is 17.1 Å². The molecule has 0 fully saturated rings. The summed E-state index contributed by atoms with van der Waals surface area (Å²) in [4.78, 5) is 2.45. The topological polar surface area (TPSA) is 3.24 Å². The molecule has 1 heteroatoms. The maximum absolute atomic E-state index is 2.45. The van der Waals surface area contributed by atoms with Crippen molar-refractivity contribution in [1.82, 2.24) is 0 Å². The van der Waals surface area contributed by atoms with Crippen molar-refractivity contribution in [3.05, 3.63) is 259 Å². The molecule has 0 radical (unpaired) electrons. The molecule has 0 N–H and O–H groups in total. The highest BCUT2D eigenvalue weighted by Gasteiger charge is 2.38. The Balaban J connectivity index is 0.941. The molecule has 10 aromatic rings. The lowest BCUT2D eigenvalue weighted by molar-refractivity contribution is 0.660. The van der Waals surface area contributed by atoms with Crippen molar-refractivity contribution in [2.75, 3.05) is 4.90 Å². The summed E-state index contributed by atoms with van der Waals surface area (Å²) in [6.07, 6.45) is 0. The first-order valence-electron chi connectivity index (χ1n) is 23.6. The lowest BCUT2D eigenvalue weighted by Crippen LogP contribution is -2.17. The zero-order valence-corrected chi connectivity index (χ0v) is 38.5. The van der Waals surface area contributed by atoms with Crippen molar-refractivity contribution in [2.45, 2.75) is 38.5 Å². The number of hydrogen-bond donors (Lipinski definition) is 0. The Labute approximate surface area is 395 Å². The quantitative estimate of drug-likeness (QED) is 0.147. The predicted octanol–water partition coefficient (Wildman–Crippen LogP) is 18.1. The molecule has 12 rings (SSSR count). The second-order valence-electron chi connectivity index (χ2n) is 19.3. The lowest BCUT2D eigenvalue weighted by Gasteiger charge is -2.30. The van der Waals surface area contributed by atoms with Gasteiger partial charge in [-0.1, -0.05) is 228 Å². The van der Waals surface area contributed by atoms with Gasteiger partial charge in [-0.05, 0) is 131 Å². The van der Waals surface area contributed by atoms with Crippen LogP contribution in [0.1, 0.15) is 49.9 Å². The van der Waals surface area contributed by atoms with Crippen LogP contribution in [-0.2, 0) is 10.8 Å². The van der Waals surface area contributed by atoms with E-state index in [1.807, 2.05) is 0 Å². The molecule has 0 amide bonds. The highest BCUT2D eigenvalue weighted by atomic mass is 15.1. The second-order valence-corrected chi connectivity index (χ2v) is 19.3. The van der Waals surface area contributed by atoms with Gasteiger partial charge in [-0.2, -0.15) is 0 Å². The van der Waals surface area contributed by atoms with E-state index in [0.29, 0.717) is 0 Å². The van der Waals surface area contributed by atoms with Gasteiger partial charge in [0.15, 0.2) is 0 Å². The van der Waals surface area contributed by atoms with Gasteiger partial charge in [-0.15, -0.1) is 0 Å². The SMILES string of the molecule is CC1(C)c2ccccc2-c2ccc(-c3ccc(N(c4ccc(-c5ccc(-c6ccccc6-c6ccccc6)cc5)cc4)c4ccccc4-c4cccc5c4C(C)(C)c4ccccc4-5)cc3)cc21. The first-order chi connectivity index (χ1) is 32.8. The Bertz CT molecular complexity index is 3480. The van der Waals surface area contributed by atoms with Crippen LogP contribution in [-0.4, -0.2) is 0 Å². The van der Waals surface area contributed by atoms with Crippen LogP contribution >= 0.6 is 0 Å². The normalized spacial score (nSPS) is 13.6. The molecular weight excluding hydrogens is 807 g/mol. The Morgan fingerprint density at radius 2 is 0.642 bits per heavy atom. The van der Waals surface area contributed by atoms with Crippen molar-refractivity contribution in [3.63, 3.8) is 0 Å². The van der Waals surface area contributed by atoms with Gasteiger partial charge in [0.1, 0.15) is 0 Å². The molecule has 320 valence electrons.